The van der Waals surface area contributed by atoms with Crippen molar-refractivity contribution in [3.05, 3.63) is 71.3 Å². The molecule has 31 heavy (non-hydrogen) atoms. The van der Waals surface area contributed by atoms with Crippen molar-refractivity contribution in [2.45, 2.75) is 24.8 Å². The van der Waals surface area contributed by atoms with Crippen molar-refractivity contribution in [3.63, 3.8) is 0 Å². The van der Waals surface area contributed by atoms with Gasteiger partial charge in [-0.15, -0.1) is 0 Å². The van der Waals surface area contributed by atoms with E-state index in [0.29, 0.717) is 10.5 Å². The predicted molar refractivity (Wildman–Crippen MR) is 106 cm³/mol. The van der Waals surface area contributed by atoms with E-state index in [1.165, 1.54) is 12.1 Å². The molecule has 0 spiro atoms. The lowest BCUT2D eigenvalue weighted by molar-refractivity contribution is -0.146. The molecule has 0 bridgehead atoms. The molecule has 2 aromatic carbocycles. The van der Waals surface area contributed by atoms with Gasteiger partial charge in [0.1, 0.15) is 6.04 Å². The van der Waals surface area contributed by atoms with Crippen LogP contribution in [0.4, 0.5) is 8.78 Å². The SMILES string of the molecule is COC(=O)[C@H](Cc1ccccc1)NC(=O)[C@@H](F)[C@H](F)CN1C(=O)c2ccccc2C1=O. The molecule has 0 aliphatic carbocycles. The molecule has 2 aromatic rings. The van der Waals surface area contributed by atoms with E-state index in [9.17, 15) is 28.0 Å². The molecule has 0 radical (unpaired) electrons. The van der Waals surface area contributed by atoms with Crippen LogP contribution >= 0.6 is 0 Å². The minimum absolute atomic E-state index is 0.0152. The maximum absolute atomic E-state index is 14.5. The summed E-state index contributed by atoms with van der Waals surface area (Å²) >= 11 is 0. The number of halogens is 2. The lowest BCUT2D eigenvalue weighted by Crippen LogP contribution is -2.50. The number of methoxy groups -OCH3 is 1. The van der Waals surface area contributed by atoms with Crippen LogP contribution < -0.4 is 5.32 Å². The monoisotopic (exact) mass is 430 g/mol. The van der Waals surface area contributed by atoms with Gasteiger partial charge in [-0.2, -0.15) is 0 Å². The summed E-state index contributed by atoms with van der Waals surface area (Å²) in [6.07, 6.45) is -5.16. The van der Waals surface area contributed by atoms with Crippen molar-refractivity contribution in [2.24, 2.45) is 0 Å². The van der Waals surface area contributed by atoms with Crippen LogP contribution in [0.1, 0.15) is 26.3 Å². The molecule has 3 rings (SSSR count). The number of nitrogens with one attached hydrogen (secondary N) is 1. The Bertz CT molecular complexity index is 963. The lowest BCUT2D eigenvalue weighted by Gasteiger charge is -2.21. The highest BCUT2D eigenvalue weighted by Gasteiger charge is 2.40. The molecule has 9 heteroatoms. The van der Waals surface area contributed by atoms with Crippen molar-refractivity contribution in [1.82, 2.24) is 10.2 Å². The number of hydrogen-bond donors (Lipinski definition) is 1. The molecule has 162 valence electrons. The number of alkyl halides is 2. The zero-order chi connectivity index (χ0) is 22.5. The first kappa shape index (κ1) is 22.1. The number of ether oxygens (including phenoxy) is 1. The second kappa shape index (κ2) is 9.46. The number of esters is 1. The fourth-order valence-electron chi connectivity index (χ4n) is 3.27. The molecule has 0 fully saturated rings. The Hall–Kier alpha value is -3.62. The number of hydrogen-bond acceptors (Lipinski definition) is 5. The molecule has 1 aliphatic rings. The summed E-state index contributed by atoms with van der Waals surface area (Å²) in [6.45, 7) is -0.928. The number of nitrogens with zero attached hydrogens (tertiary/aromatic N) is 1. The third-order valence-electron chi connectivity index (χ3n) is 4.89. The minimum atomic E-state index is -2.70. The number of imide groups is 1. The van der Waals surface area contributed by atoms with E-state index in [1.807, 2.05) is 0 Å². The first-order valence-corrected chi connectivity index (χ1v) is 9.49. The van der Waals surface area contributed by atoms with Crippen molar-refractivity contribution in [2.75, 3.05) is 13.7 Å². The van der Waals surface area contributed by atoms with Gasteiger partial charge < -0.3 is 10.1 Å². The molecule has 7 nitrogen and oxygen atoms in total. The van der Waals surface area contributed by atoms with Gasteiger partial charge in [-0.1, -0.05) is 42.5 Å². The number of rotatable bonds is 8. The smallest absolute Gasteiger partial charge is 0.328 e. The summed E-state index contributed by atoms with van der Waals surface area (Å²) in [7, 11) is 1.11. The average molecular weight is 430 g/mol. The molecule has 3 atom stereocenters. The average Bonchev–Trinajstić information content (AvgIpc) is 3.03. The van der Waals surface area contributed by atoms with Crippen LogP contribution in [0.5, 0.6) is 0 Å². The Balaban J connectivity index is 1.65. The Morgan fingerprint density at radius 3 is 2.06 bits per heavy atom. The second-order valence-corrected chi connectivity index (χ2v) is 6.96. The maximum Gasteiger partial charge on any atom is 0.328 e. The van der Waals surface area contributed by atoms with Crippen LogP contribution in [-0.4, -0.2) is 60.6 Å². The van der Waals surface area contributed by atoms with Crippen LogP contribution in [-0.2, 0) is 20.7 Å². The van der Waals surface area contributed by atoms with Gasteiger partial charge in [-0.3, -0.25) is 19.3 Å². The minimum Gasteiger partial charge on any atom is -0.467 e. The molecule has 1 aliphatic heterocycles. The van der Waals surface area contributed by atoms with Gasteiger partial charge in [0.2, 0.25) is 6.17 Å². The lowest BCUT2D eigenvalue weighted by atomic mass is 10.1. The van der Waals surface area contributed by atoms with Gasteiger partial charge in [-0.25, -0.2) is 13.6 Å². The number of amides is 3. The van der Waals surface area contributed by atoms with Crippen molar-refractivity contribution in [1.29, 1.82) is 0 Å². The van der Waals surface area contributed by atoms with Gasteiger partial charge in [0.05, 0.1) is 24.8 Å². The fraction of sp³-hybridized carbons (Fsp3) is 0.273. The Kier molecular flexibility index (Phi) is 6.74. The molecule has 0 saturated heterocycles. The van der Waals surface area contributed by atoms with Crippen molar-refractivity contribution in [3.8, 4) is 0 Å². The largest absolute Gasteiger partial charge is 0.467 e. The standard InChI is InChI=1S/C22H20F2N2O5/c1-31-22(30)17(11-13-7-3-2-4-8-13)25-19(27)18(24)16(23)12-26-20(28)14-9-5-6-10-15(14)21(26)29/h2-10,16-18H,11-12H2,1H3,(H,25,27)/t16-,17+,18+/m1/s1. The Labute approximate surface area is 177 Å². The Morgan fingerprint density at radius 2 is 1.52 bits per heavy atom. The third-order valence-corrected chi connectivity index (χ3v) is 4.89. The molecule has 1 N–H and O–H groups in total. The molecule has 1 heterocycles. The van der Waals surface area contributed by atoms with Crippen LogP contribution in [0.25, 0.3) is 0 Å². The molecule has 0 aromatic heterocycles. The molecule has 0 unspecified atom stereocenters. The number of carbonyl (C=O) groups is 4. The van der Waals surface area contributed by atoms with Crippen molar-refractivity contribution >= 4 is 23.7 Å². The van der Waals surface area contributed by atoms with Crippen LogP contribution in [0, 0.1) is 0 Å². The summed E-state index contributed by atoms with van der Waals surface area (Å²) in [6, 6.07) is 13.3. The predicted octanol–water partition coefficient (Wildman–Crippen LogP) is 1.86. The highest BCUT2D eigenvalue weighted by atomic mass is 19.2. The fourth-order valence-corrected chi connectivity index (χ4v) is 3.27. The number of fused-ring (bicyclic) bond motifs is 1. The molecule has 0 saturated carbocycles. The highest BCUT2D eigenvalue weighted by molar-refractivity contribution is 6.21. The topological polar surface area (TPSA) is 92.8 Å². The van der Waals surface area contributed by atoms with Gasteiger partial charge in [-0.05, 0) is 17.7 Å². The van der Waals surface area contributed by atoms with Gasteiger partial charge in [0, 0.05) is 6.42 Å². The highest BCUT2D eigenvalue weighted by Crippen LogP contribution is 2.23. The number of benzene rings is 2. The van der Waals surface area contributed by atoms with Gasteiger partial charge in [0.15, 0.2) is 6.17 Å². The van der Waals surface area contributed by atoms with E-state index in [1.54, 1.807) is 42.5 Å². The number of carbonyl (C=O) groups excluding carboxylic acids is 4. The van der Waals surface area contributed by atoms with E-state index < -0.39 is 48.6 Å². The summed E-state index contributed by atoms with van der Waals surface area (Å²) in [4.78, 5) is 49.4. The van der Waals surface area contributed by atoms with E-state index in [-0.39, 0.29) is 17.5 Å². The maximum atomic E-state index is 14.5. The van der Waals surface area contributed by atoms with Crippen LogP contribution in [0.2, 0.25) is 0 Å². The molecule has 3 amide bonds. The van der Waals surface area contributed by atoms with E-state index in [2.05, 4.69) is 10.1 Å². The third kappa shape index (κ3) is 4.76. The van der Waals surface area contributed by atoms with Crippen LogP contribution in [0.15, 0.2) is 54.6 Å². The first-order valence-electron chi connectivity index (χ1n) is 9.49. The van der Waals surface area contributed by atoms with Gasteiger partial charge in [0.25, 0.3) is 17.7 Å². The van der Waals surface area contributed by atoms with Gasteiger partial charge >= 0.3 is 5.97 Å². The summed E-state index contributed by atoms with van der Waals surface area (Å²) in [5, 5.41) is 2.14. The van der Waals surface area contributed by atoms with Crippen molar-refractivity contribution < 1.29 is 32.7 Å². The zero-order valence-electron chi connectivity index (χ0n) is 16.6. The van der Waals surface area contributed by atoms with E-state index in [4.69, 9.17) is 0 Å². The molecular weight excluding hydrogens is 410 g/mol. The normalized spacial score (nSPS) is 15.8. The van der Waals surface area contributed by atoms with Crippen LogP contribution in [0.3, 0.4) is 0 Å². The summed E-state index contributed by atoms with van der Waals surface area (Å²) in [5.41, 5.74) is 0.859. The summed E-state index contributed by atoms with van der Waals surface area (Å²) < 4.78 is 33.7. The Morgan fingerprint density at radius 1 is 0.968 bits per heavy atom. The zero-order valence-corrected chi connectivity index (χ0v) is 16.6. The second-order valence-electron chi connectivity index (χ2n) is 6.96. The summed E-state index contributed by atoms with van der Waals surface area (Å²) in [5.74, 6) is -3.71. The van der Waals surface area contributed by atoms with E-state index in [0.717, 1.165) is 7.11 Å². The van der Waals surface area contributed by atoms with E-state index >= 15 is 0 Å². The first-order chi connectivity index (χ1) is 14.8. The molecular formula is C22H20F2N2O5. The quantitative estimate of drug-likeness (QED) is 0.510.